The second kappa shape index (κ2) is 14.3. The van der Waals surface area contributed by atoms with Crippen molar-refractivity contribution in [2.75, 3.05) is 5.73 Å². The summed E-state index contributed by atoms with van der Waals surface area (Å²) >= 11 is 0. The zero-order valence-electron chi connectivity index (χ0n) is 27.8. The summed E-state index contributed by atoms with van der Waals surface area (Å²) in [5.74, 6) is -1.45. The zero-order valence-corrected chi connectivity index (χ0v) is 28.6. The van der Waals surface area contributed by atoms with E-state index in [0.29, 0.717) is 22.3 Å². The van der Waals surface area contributed by atoms with Gasteiger partial charge in [-0.25, -0.2) is 27.8 Å². The maximum Gasteiger partial charge on any atom is 0.294 e. The lowest BCUT2D eigenvalue weighted by Crippen LogP contribution is -2.16. The predicted octanol–water partition coefficient (Wildman–Crippen LogP) is 7.60. The molecular formula is C37H30F3N5O6S. The van der Waals surface area contributed by atoms with Crippen LogP contribution in [-0.2, 0) is 10.1 Å². The first-order valence-electron chi connectivity index (χ1n) is 15.7. The van der Waals surface area contributed by atoms with Crippen LogP contribution in [0.5, 0.6) is 5.75 Å². The van der Waals surface area contributed by atoms with Gasteiger partial charge in [-0.05, 0) is 87.0 Å². The molecule has 1 atom stereocenters. The van der Waals surface area contributed by atoms with E-state index in [-0.39, 0.29) is 50.4 Å². The van der Waals surface area contributed by atoms with Crippen molar-refractivity contribution in [1.82, 2.24) is 19.7 Å². The molecule has 7 rings (SSSR count). The van der Waals surface area contributed by atoms with Crippen LogP contribution in [0.1, 0.15) is 32.6 Å². The van der Waals surface area contributed by atoms with Gasteiger partial charge in [0, 0.05) is 5.56 Å². The van der Waals surface area contributed by atoms with Crippen molar-refractivity contribution in [3.05, 3.63) is 131 Å². The number of fused-ring (bicyclic) bond motifs is 2. The molecule has 0 saturated heterocycles. The minimum Gasteiger partial charge on any atom is -0.488 e. The molecule has 3 N–H and O–H groups in total. The molecule has 0 aliphatic heterocycles. The van der Waals surface area contributed by atoms with Crippen molar-refractivity contribution in [3.63, 3.8) is 0 Å². The fourth-order valence-corrected chi connectivity index (χ4v) is 6.07. The van der Waals surface area contributed by atoms with E-state index >= 15 is 0 Å². The average molecular weight is 730 g/mol. The topological polar surface area (TPSA) is 163 Å². The maximum absolute atomic E-state index is 15.0. The molecule has 0 fully saturated rings. The van der Waals surface area contributed by atoms with Crippen LogP contribution in [0.3, 0.4) is 0 Å². The largest absolute Gasteiger partial charge is 0.488 e. The highest BCUT2D eigenvalue weighted by Crippen LogP contribution is 2.37. The molecule has 0 amide bonds. The van der Waals surface area contributed by atoms with E-state index in [1.165, 1.54) is 65.6 Å². The molecule has 4 aromatic carbocycles. The van der Waals surface area contributed by atoms with Gasteiger partial charge < -0.3 is 14.9 Å². The van der Waals surface area contributed by atoms with Crippen molar-refractivity contribution in [1.29, 1.82) is 0 Å². The minimum absolute atomic E-state index is 0.00183. The Morgan fingerprint density at radius 2 is 1.60 bits per heavy atom. The average Bonchev–Trinajstić information content (AvgIpc) is 3.50. The summed E-state index contributed by atoms with van der Waals surface area (Å²) in [6.45, 7) is 5.30. The van der Waals surface area contributed by atoms with E-state index in [9.17, 15) is 26.4 Å². The first-order valence-corrected chi connectivity index (χ1v) is 17.2. The van der Waals surface area contributed by atoms with Gasteiger partial charge in [-0.3, -0.25) is 9.35 Å². The summed E-state index contributed by atoms with van der Waals surface area (Å²) in [5.41, 5.74) is 7.10. The second-order valence-corrected chi connectivity index (χ2v) is 13.3. The summed E-state index contributed by atoms with van der Waals surface area (Å²) in [6.07, 6.45) is 1.04. The number of hydrogen-bond donors (Lipinski definition) is 2. The van der Waals surface area contributed by atoms with Gasteiger partial charge >= 0.3 is 0 Å². The van der Waals surface area contributed by atoms with E-state index < -0.39 is 39.0 Å². The molecule has 0 aliphatic rings. The lowest BCUT2D eigenvalue weighted by molar-refractivity contribution is 0.231. The number of rotatable bonds is 7. The van der Waals surface area contributed by atoms with Crippen LogP contribution in [0.2, 0.25) is 0 Å². The van der Waals surface area contributed by atoms with Gasteiger partial charge in [-0.15, -0.1) is 0 Å². The molecule has 0 radical (unpaired) electrons. The first-order chi connectivity index (χ1) is 24.7. The van der Waals surface area contributed by atoms with Crippen LogP contribution in [0.4, 0.5) is 19.0 Å². The van der Waals surface area contributed by atoms with Crippen molar-refractivity contribution < 1.29 is 35.3 Å². The highest BCUT2D eigenvalue weighted by molar-refractivity contribution is 7.85. The molecule has 3 heterocycles. The first kappa shape index (κ1) is 35.8. The Morgan fingerprint density at radius 1 is 0.865 bits per heavy atom. The second-order valence-electron chi connectivity index (χ2n) is 11.8. The van der Waals surface area contributed by atoms with E-state index in [4.69, 9.17) is 24.5 Å². The van der Waals surface area contributed by atoms with Crippen molar-refractivity contribution in [2.24, 2.45) is 0 Å². The van der Waals surface area contributed by atoms with Crippen LogP contribution >= 0.6 is 0 Å². The quantitative estimate of drug-likeness (QED) is 0.156. The van der Waals surface area contributed by atoms with Crippen molar-refractivity contribution in [2.45, 2.75) is 37.8 Å². The van der Waals surface area contributed by atoms with Crippen LogP contribution in [0, 0.1) is 17.5 Å². The summed E-state index contributed by atoms with van der Waals surface area (Å²) < 4.78 is 85.9. The Hall–Kier alpha value is -6.06. The van der Waals surface area contributed by atoms with Crippen LogP contribution in [0.25, 0.3) is 44.4 Å². The molecule has 0 saturated carbocycles. The number of benzene rings is 4. The molecule has 0 aliphatic carbocycles. The number of nitrogens with zero attached hydrogens (tertiary/aromatic N) is 4. The Kier molecular flexibility index (Phi) is 9.82. The summed E-state index contributed by atoms with van der Waals surface area (Å²) in [7, 11) is -4.00. The zero-order chi connectivity index (χ0) is 37.3. The SMILES string of the molecule is CC(C)Oc1ccc(-c2nn([C@@H](C)c3oc4ccc(F)cc4c(=O)c3-c3cccc(F)c3)c3ncnc(N)c23)cc1F.O=S(=O)(O)c1ccccc1. The third-order valence-corrected chi connectivity index (χ3v) is 8.73. The third kappa shape index (κ3) is 7.22. The molecule has 52 heavy (non-hydrogen) atoms. The number of halogens is 3. The van der Waals surface area contributed by atoms with Gasteiger partial charge in [-0.2, -0.15) is 13.5 Å². The molecular weight excluding hydrogens is 699 g/mol. The lowest BCUT2D eigenvalue weighted by atomic mass is 9.99. The van der Waals surface area contributed by atoms with E-state index in [0.717, 1.165) is 6.07 Å². The predicted molar refractivity (Wildman–Crippen MR) is 189 cm³/mol. The number of nitrogens with two attached hydrogens (primary N) is 1. The van der Waals surface area contributed by atoms with Crippen molar-refractivity contribution >= 4 is 37.9 Å². The van der Waals surface area contributed by atoms with Gasteiger partial charge in [0.15, 0.2) is 17.2 Å². The highest BCUT2D eigenvalue weighted by atomic mass is 32.2. The Bertz CT molecular complexity index is 2610. The van der Waals surface area contributed by atoms with Gasteiger partial charge in [0.05, 0.1) is 27.3 Å². The maximum atomic E-state index is 15.0. The third-order valence-electron chi connectivity index (χ3n) is 7.87. The van der Waals surface area contributed by atoms with E-state index in [1.54, 1.807) is 51.1 Å². The molecule has 11 nitrogen and oxygen atoms in total. The van der Waals surface area contributed by atoms with Gasteiger partial charge in [0.2, 0.25) is 5.43 Å². The smallest absolute Gasteiger partial charge is 0.294 e. The fourth-order valence-electron chi connectivity index (χ4n) is 5.56. The number of nitrogen functional groups attached to an aromatic ring is 1. The van der Waals surface area contributed by atoms with Crippen molar-refractivity contribution in [3.8, 4) is 28.1 Å². The summed E-state index contributed by atoms with van der Waals surface area (Å²) in [4.78, 5) is 22.2. The van der Waals surface area contributed by atoms with Crippen LogP contribution in [0.15, 0.2) is 111 Å². The number of hydrogen-bond acceptors (Lipinski definition) is 9. The van der Waals surface area contributed by atoms with E-state index in [1.807, 2.05) is 0 Å². The molecule has 3 aromatic heterocycles. The van der Waals surface area contributed by atoms with Gasteiger partial charge in [-0.1, -0.05) is 30.3 Å². The molecule has 15 heteroatoms. The molecule has 0 spiro atoms. The molecule has 7 aromatic rings. The number of aromatic nitrogens is 4. The van der Waals surface area contributed by atoms with Crippen LogP contribution in [-0.4, -0.2) is 38.8 Å². The van der Waals surface area contributed by atoms with E-state index in [2.05, 4.69) is 9.97 Å². The monoisotopic (exact) mass is 729 g/mol. The molecule has 266 valence electrons. The van der Waals surface area contributed by atoms with Gasteiger partial charge in [0.1, 0.15) is 46.9 Å². The Balaban J connectivity index is 0.000000402. The summed E-state index contributed by atoms with van der Waals surface area (Å²) in [5, 5.41) is 5.10. The standard InChI is InChI=1S/C31H24F3N5O3.C6H6O3S/c1-15(2)41-24-9-7-18(12-22(24)34)27-26-30(35)36-14-37-31(26)39(38-27)16(3)29-25(17-5-4-6-19(32)11-17)28(40)21-13-20(33)8-10-23(21)42-29;7-10(8,9)6-4-2-1-3-5-6/h4-16H,1-3H3,(H2,35,36,37);1-5H,(H,7,8,9)/t16-;/m0./s1. The van der Waals surface area contributed by atoms with Gasteiger partial charge in [0.25, 0.3) is 10.1 Å². The normalized spacial score (nSPS) is 12.2. The Labute approximate surface area is 294 Å². The molecule has 0 unspecified atom stereocenters. The highest BCUT2D eigenvalue weighted by Gasteiger charge is 2.27. The lowest BCUT2D eigenvalue weighted by Gasteiger charge is -2.17. The molecule has 0 bridgehead atoms. The number of anilines is 1. The van der Waals surface area contributed by atoms with Crippen LogP contribution < -0.4 is 15.9 Å². The summed E-state index contributed by atoms with van der Waals surface area (Å²) in [6, 6.07) is 20.1. The minimum atomic E-state index is -4.00. The number of ether oxygens (including phenoxy) is 1. The fraction of sp³-hybridized carbons (Fsp3) is 0.135. The Morgan fingerprint density at radius 3 is 2.25 bits per heavy atom.